The van der Waals surface area contributed by atoms with E-state index in [0.29, 0.717) is 29.1 Å². The van der Waals surface area contributed by atoms with Gasteiger partial charge >= 0.3 is 12.2 Å². The molecule has 0 aliphatic heterocycles. The quantitative estimate of drug-likeness (QED) is 0.262. The molecule has 3 aromatic carbocycles. The molecule has 0 saturated carbocycles. The zero-order valence-corrected chi connectivity index (χ0v) is 17.2. The van der Waals surface area contributed by atoms with Gasteiger partial charge in [0, 0.05) is 16.6 Å². The lowest BCUT2D eigenvalue weighted by atomic mass is 10.0. The lowest BCUT2D eigenvalue weighted by Gasteiger charge is -2.12. The first-order valence-corrected chi connectivity index (χ1v) is 9.11. The number of alkyl halides is 3. The van der Waals surface area contributed by atoms with E-state index in [-0.39, 0.29) is 35.0 Å². The summed E-state index contributed by atoms with van der Waals surface area (Å²) < 4.78 is 66.9. The molecule has 2 amide bonds. The van der Waals surface area contributed by atoms with Gasteiger partial charge in [-0.05, 0) is 42.0 Å². The second-order valence-corrected chi connectivity index (χ2v) is 6.81. The molecule has 33 heavy (non-hydrogen) atoms. The molecule has 0 unspecified atom stereocenters. The van der Waals surface area contributed by atoms with Crippen LogP contribution in [0.4, 0.5) is 43.9 Å². The predicted octanol–water partition coefficient (Wildman–Crippen LogP) is 6.17. The number of amides is 2. The van der Waals surface area contributed by atoms with Gasteiger partial charge in [0.1, 0.15) is 11.3 Å². The van der Waals surface area contributed by atoms with Crippen LogP contribution in [-0.4, -0.2) is 16.2 Å². The molecule has 0 aliphatic rings. The molecule has 5 N–H and O–H groups in total. The van der Waals surface area contributed by atoms with Crippen molar-refractivity contribution in [3.63, 3.8) is 0 Å². The van der Waals surface area contributed by atoms with E-state index in [9.17, 15) is 26.7 Å². The summed E-state index contributed by atoms with van der Waals surface area (Å²) in [5.74, 6) is -1.40. The molecule has 1 heterocycles. The van der Waals surface area contributed by atoms with E-state index in [0.717, 1.165) is 0 Å². The highest BCUT2D eigenvalue weighted by Gasteiger charge is 2.31. The number of nitrogen functional groups attached to an aromatic ring is 1. The van der Waals surface area contributed by atoms with Crippen molar-refractivity contribution in [1.29, 1.82) is 0 Å². The fourth-order valence-corrected chi connectivity index (χ4v) is 3.11. The fraction of sp³-hybridized carbons (Fsp3) is 0.0476. The third-order valence-electron chi connectivity index (χ3n) is 4.70. The normalized spacial score (nSPS) is 11.2. The van der Waals surface area contributed by atoms with E-state index in [1.165, 1.54) is 30.3 Å². The van der Waals surface area contributed by atoms with Gasteiger partial charge in [0.05, 0.1) is 11.3 Å². The van der Waals surface area contributed by atoms with Gasteiger partial charge in [-0.25, -0.2) is 13.6 Å². The van der Waals surface area contributed by atoms with Gasteiger partial charge in [0.15, 0.2) is 11.6 Å². The molecule has 6 nitrogen and oxygen atoms in total. The van der Waals surface area contributed by atoms with E-state index in [2.05, 4.69) is 15.5 Å². The highest BCUT2D eigenvalue weighted by molar-refractivity contribution is 6.00. The number of hydrogen-bond donors (Lipinski definition) is 4. The summed E-state index contributed by atoms with van der Waals surface area (Å²) in [5, 5.41) is 11.2. The fourth-order valence-electron chi connectivity index (χ4n) is 3.11. The molecule has 172 valence electrons. The van der Waals surface area contributed by atoms with Gasteiger partial charge < -0.3 is 16.4 Å². The summed E-state index contributed by atoms with van der Waals surface area (Å²) in [6, 6.07) is 9.89. The van der Waals surface area contributed by atoms with E-state index < -0.39 is 35.1 Å². The first-order valence-electron chi connectivity index (χ1n) is 9.11. The Morgan fingerprint density at radius 3 is 2.33 bits per heavy atom. The van der Waals surface area contributed by atoms with Crippen molar-refractivity contribution in [2.45, 2.75) is 6.18 Å². The Balaban J connectivity index is 0.00000306. The Morgan fingerprint density at radius 2 is 1.67 bits per heavy atom. The maximum atomic E-state index is 14.8. The first-order chi connectivity index (χ1) is 15.1. The number of fused-ring (bicyclic) bond motifs is 1. The minimum atomic E-state index is -4.68. The molecular weight excluding hydrogens is 469 g/mol. The van der Waals surface area contributed by atoms with Crippen LogP contribution in [0.5, 0.6) is 0 Å². The summed E-state index contributed by atoms with van der Waals surface area (Å²) in [5.41, 5.74) is 5.11. The van der Waals surface area contributed by atoms with Crippen LogP contribution in [0.2, 0.25) is 0 Å². The smallest absolute Gasteiger partial charge is 0.382 e. The standard InChI is InChI=1S/C21H14F5N5O.ClH/c22-15-8-3-11(21(24,25)26)9-16(15)29-20(32)28-12-4-1-10(2-5-12)13-6-7-14-18(17(13)23)30-31-19(14)27;/h1-9H,(H3,27,30,31)(H2,28,29,32);1H. The average Bonchev–Trinajstić information content (AvgIpc) is 3.11. The third kappa shape index (κ3) is 4.82. The van der Waals surface area contributed by atoms with Crippen molar-refractivity contribution in [1.82, 2.24) is 10.2 Å². The van der Waals surface area contributed by atoms with Crippen molar-refractivity contribution in [2.75, 3.05) is 16.4 Å². The average molecular weight is 484 g/mol. The van der Waals surface area contributed by atoms with Crippen LogP contribution >= 0.6 is 12.4 Å². The second kappa shape index (κ2) is 8.94. The Bertz CT molecular complexity index is 1320. The Morgan fingerprint density at radius 1 is 0.970 bits per heavy atom. The summed E-state index contributed by atoms with van der Waals surface area (Å²) in [6.45, 7) is 0. The molecule has 1 aromatic heterocycles. The third-order valence-corrected chi connectivity index (χ3v) is 4.70. The van der Waals surface area contributed by atoms with Crippen molar-refractivity contribution in [3.05, 3.63) is 71.8 Å². The molecular formula is C21H15ClF5N5O. The number of carbonyl (C=O) groups is 1. The number of aromatic amines is 1. The summed E-state index contributed by atoms with van der Waals surface area (Å²) >= 11 is 0. The molecule has 12 heteroatoms. The minimum Gasteiger partial charge on any atom is -0.382 e. The lowest BCUT2D eigenvalue weighted by molar-refractivity contribution is -0.137. The van der Waals surface area contributed by atoms with E-state index in [1.807, 2.05) is 5.32 Å². The van der Waals surface area contributed by atoms with Crippen LogP contribution in [0.25, 0.3) is 22.0 Å². The lowest BCUT2D eigenvalue weighted by Crippen LogP contribution is -2.20. The topological polar surface area (TPSA) is 95.8 Å². The van der Waals surface area contributed by atoms with Crippen molar-refractivity contribution >= 4 is 46.5 Å². The zero-order valence-electron chi connectivity index (χ0n) is 16.4. The zero-order chi connectivity index (χ0) is 23.0. The van der Waals surface area contributed by atoms with E-state index >= 15 is 0 Å². The molecule has 4 aromatic rings. The van der Waals surface area contributed by atoms with E-state index in [4.69, 9.17) is 5.73 Å². The SMILES string of the molecule is Cl.Nc1n[nH]c2c(F)c(-c3ccc(NC(=O)Nc4cc(C(F)(F)F)ccc4F)cc3)ccc12. The molecule has 0 atom stereocenters. The van der Waals surface area contributed by atoms with Crippen LogP contribution in [0, 0.1) is 11.6 Å². The van der Waals surface area contributed by atoms with Gasteiger partial charge in [-0.2, -0.15) is 18.3 Å². The first kappa shape index (κ1) is 23.8. The highest BCUT2D eigenvalue weighted by Crippen LogP contribution is 2.32. The van der Waals surface area contributed by atoms with Crippen molar-refractivity contribution in [2.24, 2.45) is 0 Å². The number of nitrogens with one attached hydrogen (secondary N) is 3. The van der Waals surface area contributed by atoms with Crippen LogP contribution in [0.1, 0.15) is 5.56 Å². The van der Waals surface area contributed by atoms with Gasteiger partial charge in [-0.1, -0.05) is 18.2 Å². The Hall–Kier alpha value is -3.86. The summed E-state index contributed by atoms with van der Waals surface area (Å²) in [7, 11) is 0. The number of nitrogens with zero attached hydrogens (tertiary/aromatic N) is 1. The number of aromatic nitrogens is 2. The number of hydrogen-bond acceptors (Lipinski definition) is 3. The summed E-state index contributed by atoms with van der Waals surface area (Å²) in [4.78, 5) is 12.1. The number of nitrogens with two attached hydrogens (primary N) is 1. The van der Waals surface area contributed by atoms with Crippen molar-refractivity contribution in [3.8, 4) is 11.1 Å². The number of benzene rings is 3. The van der Waals surface area contributed by atoms with Crippen LogP contribution in [0.3, 0.4) is 0 Å². The molecule has 4 rings (SSSR count). The maximum Gasteiger partial charge on any atom is 0.416 e. The van der Waals surface area contributed by atoms with Crippen molar-refractivity contribution < 1.29 is 26.7 Å². The maximum absolute atomic E-state index is 14.8. The Kier molecular flexibility index (Phi) is 6.45. The number of anilines is 3. The van der Waals surface area contributed by atoms with Crippen LogP contribution < -0.4 is 16.4 Å². The number of rotatable bonds is 3. The summed E-state index contributed by atoms with van der Waals surface area (Å²) in [6.07, 6.45) is -4.68. The molecule has 0 spiro atoms. The predicted molar refractivity (Wildman–Crippen MR) is 117 cm³/mol. The van der Waals surface area contributed by atoms with E-state index in [1.54, 1.807) is 6.07 Å². The largest absolute Gasteiger partial charge is 0.416 e. The van der Waals surface area contributed by atoms with Gasteiger partial charge in [-0.3, -0.25) is 5.10 Å². The number of carbonyl (C=O) groups excluding carboxylic acids is 1. The van der Waals surface area contributed by atoms with Crippen LogP contribution in [-0.2, 0) is 6.18 Å². The molecule has 0 saturated heterocycles. The monoisotopic (exact) mass is 483 g/mol. The Labute approximate surface area is 189 Å². The molecule has 0 bridgehead atoms. The van der Waals surface area contributed by atoms with Gasteiger partial charge in [-0.15, -0.1) is 12.4 Å². The van der Waals surface area contributed by atoms with Gasteiger partial charge in [0.25, 0.3) is 0 Å². The number of halogens is 6. The number of H-pyrrole nitrogens is 1. The molecule has 0 radical (unpaired) electrons. The van der Waals surface area contributed by atoms with Crippen LogP contribution in [0.15, 0.2) is 54.6 Å². The molecule has 0 fully saturated rings. The number of urea groups is 1. The molecule has 0 aliphatic carbocycles. The van der Waals surface area contributed by atoms with Gasteiger partial charge in [0.2, 0.25) is 0 Å². The highest BCUT2D eigenvalue weighted by atomic mass is 35.5. The minimum absolute atomic E-state index is 0. The second-order valence-electron chi connectivity index (χ2n) is 6.81.